The van der Waals surface area contributed by atoms with E-state index in [0.717, 1.165) is 16.6 Å². The second-order valence-corrected chi connectivity index (χ2v) is 6.94. The molecule has 0 amide bonds. The fourth-order valence-electron chi connectivity index (χ4n) is 2.84. The maximum atomic E-state index is 6.12. The first-order valence-electron chi connectivity index (χ1n) is 5.71. The smallest absolute Gasteiger partial charge is 0.126 e. The Bertz CT molecular complexity index is 433. The Kier molecular flexibility index (Phi) is 2.61. The predicted octanol–water partition coefficient (Wildman–Crippen LogP) is 4.60. The Morgan fingerprint density at radius 2 is 1.81 bits per heavy atom. The molecule has 0 saturated carbocycles. The van der Waals surface area contributed by atoms with Crippen molar-refractivity contribution in [3.8, 4) is 5.75 Å². The number of halogens is 1. The van der Waals surface area contributed by atoms with E-state index in [1.54, 1.807) is 0 Å². The highest BCUT2D eigenvalue weighted by Crippen LogP contribution is 2.46. The minimum atomic E-state index is -0.0743. The van der Waals surface area contributed by atoms with E-state index in [1.165, 1.54) is 11.1 Å². The van der Waals surface area contributed by atoms with Gasteiger partial charge in [0, 0.05) is 10.0 Å². The van der Waals surface area contributed by atoms with Crippen molar-refractivity contribution in [1.29, 1.82) is 0 Å². The largest absolute Gasteiger partial charge is 0.487 e. The molecule has 0 aliphatic carbocycles. The van der Waals surface area contributed by atoms with E-state index < -0.39 is 0 Å². The van der Waals surface area contributed by atoms with Gasteiger partial charge in [0.05, 0.1) is 0 Å². The molecule has 2 heteroatoms. The van der Waals surface area contributed by atoms with Crippen LogP contribution < -0.4 is 4.74 Å². The lowest BCUT2D eigenvalue weighted by molar-refractivity contribution is 0.0525. The van der Waals surface area contributed by atoms with Crippen LogP contribution in [0.5, 0.6) is 5.75 Å². The molecular formula is C14H19BrO. The molecule has 1 aliphatic heterocycles. The molecule has 16 heavy (non-hydrogen) atoms. The Morgan fingerprint density at radius 3 is 2.44 bits per heavy atom. The molecule has 1 nitrogen and oxygen atoms in total. The Hall–Kier alpha value is -0.500. The molecule has 88 valence electrons. The van der Waals surface area contributed by atoms with Crippen LogP contribution in [0.25, 0.3) is 0 Å². The third-order valence-corrected chi connectivity index (χ3v) is 3.67. The lowest BCUT2D eigenvalue weighted by atomic mass is 9.73. The summed E-state index contributed by atoms with van der Waals surface area (Å²) in [7, 11) is 0. The van der Waals surface area contributed by atoms with Gasteiger partial charge in [0.2, 0.25) is 0 Å². The number of ether oxygens (including phenoxy) is 1. The summed E-state index contributed by atoms with van der Waals surface area (Å²) in [6, 6.07) is 4.31. The van der Waals surface area contributed by atoms with Crippen molar-refractivity contribution in [2.24, 2.45) is 0 Å². The van der Waals surface area contributed by atoms with Gasteiger partial charge in [0.15, 0.2) is 0 Å². The second kappa shape index (κ2) is 3.49. The van der Waals surface area contributed by atoms with Gasteiger partial charge in [-0.2, -0.15) is 0 Å². The normalized spacial score (nSPS) is 21.1. The number of fused-ring (bicyclic) bond motifs is 1. The van der Waals surface area contributed by atoms with Crippen LogP contribution in [0.4, 0.5) is 0 Å². The first-order valence-corrected chi connectivity index (χ1v) is 6.50. The number of hydrogen-bond donors (Lipinski definition) is 0. The molecule has 1 heterocycles. The van der Waals surface area contributed by atoms with Crippen molar-refractivity contribution in [1.82, 2.24) is 0 Å². The van der Waals surface area contributed by atoms with Crippen LogP contribution in [-0.4, -0.2) is 5.60 Å². The number of aryl methyl sites for hydroxylation is 1. The van der Waals surface area contributed by atoms with Gasteiger partial charge in [0.25, 0.3) is 0 Å². The van der Waals surface area contributed by atoms with Crippen LogP contribution >= 0.6 is 15.9 Å². The van der Waals surface area contributed by atoms with Crippen LogP contribution in [0.1, 0.15) is 45.2 Å². The van der Waals surface area contributed by atoms with Gasteiger partial charge in [0.1, 0.15) is 11.4 Å². The van der Waals surface area contributed by atoms with Crippen LogP contribution in [0.3, 0.4) is 0 Å². The van der Waals surface area contributed by atoms with Gasteiger partial charge in [-0.3, -0.25) is 0 Å². The molecule has 0 unspecified atom stereocenters. The standard InChI is InChI=1S/C14H19BrO/c1-9-6-10(15)7-11-12(9)16-14(4,5)8-13(11,2)3/h6-7H,8H2,1-5H3. The summed E-state index contributed by atoms with van der Waals surface area (Å²) in [5.74, 6) is 1.07. The van der Waals surface area contributed by atoms with Gasteiger partial charge in [-0.05, 0) is 50.3 Å². The molecule has 0 N–H and O–H groups in total. The average Bonchev–Trinajstić information content (AvgIpc) is 2.05. The van der Waals surface area contributed by atoms with E-state index in [2.05, 4.69) is 62.7 Å². The molecule has 1 aromatic carbocycles. The van der Waals surface area contributed by atoms with E-state index >= 15 is 0 Å². The molecule has 0 spiro atoms. The summed E-state index contributed by atoms with van der Waals surface area (Å²) in [5, 5.41) is 0. The van der Waals surface area contributed by atoms with E-state index in [-0.39, 0.29) is 11.0 Å². The molecule has 0 aromatic heterocycles. The highest BCUT2D eigenvalue weighted by atomic mass is 79.9. The molecule has 0 bridgehead atoms. The molecular weight excluding hydrogens is 264 g/mol. The number of rotatable bonds is 0. The zero-order valence-corrected chi connectivity index (χ0v) is 12.2. The third kappa shape index (κ3) is 2.00. The van der Waals surface area contributed by atoms with Gasteiger partial charge < -0.3 is 4.74 Å². The highest BCUT2D eigenvalue weighted by Gasteiger charge is 2.39. The lowest BCUT2D eigenvalue weighted by Gasteiger charge is -2.43. The van der Waals surface area contributed by atoms with E-state index in [9.17, 15) is 0 Å². The monoisotopic (exact) mass is 282 g/mol. The fraction of sp³-hybridized carbons (Fsp3) is 0.571. The van der Waals surface area contributed by atoms with Crippen molar-refractivity contribution in [3.05, 3.63) is 27.7 Å². The van der Waals surface area contributed by atoms with Crippen LogP contribution in [0.2, 0.25) is 0 Å². The quantitative estimate of drug-likeness (QED) is 0.676. The summed E-state index contributed by atoms with van der Waals surface area (Å²) in [6.07, 6.45) is 1.04. The van der Waals surface area contributed by atoms with Crippen LogP contribution in [0, 0.1) is 6.92 Å². The average molecular weight is 283 g/mol. The number of hydrogen-bond acceptors (Lipinski definition) is 1. The molecule has 1 aromatic rings. The topological polar surface area (TPSA) is 9.23 Å². The third-order valence-electron chi connectivity index (χ3n) is 3.21. The molecule has 0 fully saturated rings. The van der Waals surface area contributed by atoms with Gasteiger partial charge in [-0.1, -0.05) is 29.8 Å². The Morgan fingerprint density at radius 1 is 1.19 bits per heavy atom. The van der Waals surface area contributed by atoms with Crippen molar-refractivity contribution in [2.45, 2.75) is 52.1 Å². The lowest BCUT2D eigenvalue weighted by Crippen LogP contribution is -2.41. The first kappa shape index (κ1) is 12.0. The van der Waals surface area contributed by atoms with Gasteiger partial charge in [-0.25, -0.2) is 0 Å². The summed E-state index contributed by atoms with van der Waals surface area (Å²) in [5.41, 5.74) is 2.63. The van der Waals surface area contributed by atoms with Crippen LogP contribution in [0.15, 0.2) is 16.6 Å². The maximum Gasteiger partial charge on any atom is 0.126 e. The van der Waals surface area contributed by atoms with Crippen molar-refractivity contribution in [2.75, 3.05) is 0 Å². The Balaban J connectivity index is 2.64. The molecule has 0 radical (unpaired) electrons. The fourth-order valence-corrected chi connectivity index (χ4v) is 3.41. The van der Waals surface area contributed by atoms with E-state index in [1.807, 2.05) is 0 Å². The molecule has 2 rings (SSSR count). The van der Waals surface area contributed by atoms with Crippen molar-refractivity contribution < 1.29 is 4.74 Å². The maximum absolute atomic E-state index is 6.12. The summed E-state index contributed by atoms with van der Waals surface area (Å²) < 4.78 is 7.26. The minimum Gasteiger partial charge on any atom is -0.487 e. The summed E-state index contributed by atoms with van der Waals surface area (Å²) in [4.78, 5) is 0. The molecule has 0 saturated heterocycles. The second-order valence-electron chi connectivity index (χ2n) is 6.02. The zero-order chi connectivity index (χ0) is 12.1. The first-order chi connectivity index (χ1) is 7.21. The van der Waals surface area contributed by atoms with Gasteiger partial charge in [-0.15, -0.1) is 0 Å². The summed E-state index contributed by atoms with van der Waals surface area (Å²) >= 11 is 3.57. The van der Waals surface area contributed by atoms with E-state index in [4.69, 9.17) is 4.74 Å². The minimum absolute atomic E-state index is 0.0743. The zero-order valence-electron chi connectivity index (χ0n) is 10.6. The van der Waals surface area contributed by atoms with Crippen molar-refractivity contribution in [3.63, 3.8) is 0 Å². The van der Waals surface area contributed by atoms with Crippen molar-refractivity contribution >= 4 is 15.9 Å². The summed E-state index contributed by atoms with van der Waals surface area (Å²) in [6.45, 7) is 11.0. The van der Waals surface area contributed by atoms with Crippen LogP contribution in [-0.2, 0) is 5.41 Å². The molecule has 1 aliphatic rings. The Labute approximate surface area is 106 Å². The number of benzene rings is 1. The van der Waals surface area contributed by atoms with Gasteiger partial charge >= 0.3 is 0 Å². The predicted molar refractivity (Wildman–Crippen MR) is 71.2 cm³/mol. The molecule has 0 atom stereocenters. The SMILES string of the molecule is Cc1cc(Br)cc2c1OC(C)(C)CC2(C)C. The van der Waals surface area contributed by atoms with E-state index in [0.29, 0.717) is 0 Å². The highest BCUT2D eigenvalue weighted by molar-refractivity contribution is 9.10.